The van der Waals surface area contributed by atoms with Crippen LogP contribution < -0.4 is 0 Å². The molecule has 1 aliphatic heterocycles. The summed E-state index contributed by atoms with van der Waals surface area (Å²) >= 11 is 3.38. The number of aryl methyl sites for hydroxylation is 1. The third-order valence-corrected chi connectivity index (χ3v) is 3.82. The van der Waals surface area contributed by atoms with E-state index in [9.17, 15) is 4.79 Å². The molecule has 92 valence electrons. The van der Waals surface area contributed by atoms with Crippen molar-refractivity contribution < 1.29 is 4.79 Å². The van der Waals surface area contributed by atoms with Gasteiger partial charge in [0.05, 0.1) is 10.9 Å². The molecule has 0 spiro atoms. The molecule has 2 atom stereocenters. The number of benzene rings is 1. The van der Waals surface area contributed by atoms with Crippen LogP contribution in [-0.2, 0) is 4.79 Å². The number of rotatable bonds is 2. The molecule has 0 aliphatic carbocycles. The maximum atomic E-state index is 12.1. The Bertz CT molecular complexity index is 416. The molecule has 1 aromatic carbocycles. The second-order valence-electron chi connectivity index (χ2n) is 4.66. The minimum Gasteiger partial charge on any atom is -0.335 e. The van der Waals surface area contributed by atoms with Gasteiger partial charge in [-0.1, -0.05) is 40.2 Å². The van der Waals surface area contributed by atoms with Crippen molar-refractivity contribution in [2.75, 3.05) is 6.54 Å². The molecular formula is C14H18BrNO. The van der Waals surface area contributed by atoms with Crippen LogP contribution in [0.4, 0.5) is 0 Å². The average molecular weight is 296 g/mol. The maximum absolute atomic E-state index is 12.1. The molecule has 1 fully saturated rings. The lowest BCUT2D eigenvalue weighted by atomic mass is 9.99. The van der Waals surface area contributed by atoms with Crippen LogP contribution >= 0.6 is 15.9 Å². The average Bonchev–Trinajstić information content (AvgIpc) is 2.77. The lowest BCUT2D eigenvalue weighted by Crippen LogP contribution is -2.35. The lowest BCUT2D eigenvalue weighted by molar-refractivity contribution is -0.131. The maximum Gasteiger partial charge on any atom is 0.236 e. The van der Waals surface area contributed by atoms with E-state index in [2.05, 4.69) is 41.1 Å². The van der Waals surface area contributed by atoms with Crippen LogP contribution in [0.3, 0.4) is 0 Å². The fourth-order valence-corrected chi connectivity index (χ4v) is 2.81. The van der Waals surface area contributed by atoms with Gasteiger partial charge in [-0.15, -0.1) is 0 Å². The Kier molecular flexibility index (Phi) is 3.87. The number of likely N-dealkylation sites (tertiary alicyclic amines) is 1. The number of carbonyl (C=O) groups is 1. The van der Waals surface area contributed by atoms with Crippen LogP contribution in [0.25, 0.3) is 0 Å². The molecule has 0 saturated carbocycles. The van der Waals surface area contributed by atoms with Crippen molar-refractivity contribution >= 4 is 21.8 Å². The van der Waals surface area contributed by atoms with Gasteiger partial charge in [-0.25, -0.2) is 0 Å². The van der Waals surface area contributed by atoms with E-state index in [1.165, 1.54) is 11.1 Å². The monoisotopic (exact) mass is 295 g/mol. The smallest absolute Gasteiger partial charge is 0.236 e. The van der Waals surface area contributed by atoms with Gasteiger partial charge in [0.15, 0.2) is 0 Å². The van der Waals surface area contributed by atoms with E-state index in [0.29, 0.717) is 0 Å². The fourth-order valence-electron chi connectivity index (χ4n) is 2.54. The summed E-state index contributed by atoms with van der Waals surface area (Å²) in [6.45, 7) is 4.90. The first-order valence-electron chi connectivity index (χ1n) is 6.11. The Balaban J connectivity index is 2.26. The summed E-state index contributed by atoms with van der Waals surface area (Å²) in [4.78, 5) is 14.0. The number of hydrogen-bond acceptors (Lipinski definition) is 1. The number of carbonyl (C=O) groups excluding carboxylic acids is 1. The van der Waals surface area contributed by atoms with Crippen LogP contribution in [0.2, 0.25) is 0 Å². The normalized spacial score (nSPS) is 21.6. The van der Waals surface area contributed by atoms with Crippen molar-refractivity contribution in [2.45, 2.75) is 37.6 Å². The Labute approximate surface area is 111 Å². The zero-order valence-electron chi connectivity index (χ0n) is 10.3. The largest absolute Gasteiger partial charge is 0.335 e. The van der Waals surface area contributed by atoms with Crippen molar-refractivity contribution in [1.29, 1.82) is 0 Å². The first-order valence-corrected chi connectivity index (χ1v) is 7.03. The minimum absolute atomic E-state index is 0.0906. The number of hydrogen-bond donors (Lipinski definition) is 0. The van der Waals surface area contributed by atoms with E-state index in [1.54, 1.807) is 0 Å². The van der Waals surface area contributed by atoms with Crippen LogP contribution in [0.5, 0.6) is 0 Å². The van der Waals surface area contributed by atoms with Gasteiger partial charge >= 0.3 is 0 Å². The Morgan fingerprint density at radius 2 is 2.18 bits per heavy atom. The van der Waals surface area contributed by atoms with E-state index < -0.39 is 0 Å². The standard InChI is InChI=1S/C14H18BrNO/c1-10-6-3-4-7-12(10)13-8-5-9-16(13)14(17)11(2)15/h3-4,6-7,11,13H,5,8-9H2,1-2H3. The number of alkyl halides is 1. The van der Waals surface area contributed by atoms with E-state index in [-0.39, 0.29) is 16.8 Å². The molecule has 1 aliphatic rings. The SMILES string of the molecule is Cc1ccccc1C1CCCN1C(=O)C(C)Br. The highest BCUT2D eigenvalue weighted by molar-refractivity contribution is 9.10. The summed E-state index contributed by atoms with van der Waals surface area (Å²) < 4.78 is 0. The van der Waals surface area contributed by atoms with E-state index in [1.807, 2.05) is 17.9 Å². The third-order valence-electron chi connectivity index (χ3n) is 3.42. The zero-order chi connectivity index (χ0) is 12.4. The second kappa shape index (κ2) is 5.21. The molecule has 1 saturated heterocycles. The predicted octanol–water partition coefficient (Wildman–Crippen LogP) is 3.44. The van der Waals surface area contributed by atoms with Gasteiger partial charge in [-0.2, -0.15) is 0 Å². The molecule has 2 unspecified atom stereocenters. The summed E-state index contributed by atoms with van der Waals surface area (Å²) in [6.07, 6.45) is 2.18. The molecule has 0 N–H and O–H groups in total. The molecule has 0 radical (unpaired) electrons. The summed E-state index contributed by atoms with van der Waals surface area (Å²) in [7, 11) is 0. The quantitative estimate of drug-likeness (QED) is 0.766. The molecule has 2 rings (SSSR count). The van der Waals surface area contributed by atoms with Crippen LogP contribution in [0.15, 0.2) is 24.3 Å². The van der Waals surface area contributed by atoms with Gasteiger partial charge in [0.2, 0.25) is 5.91 Å². The second-order valence-corrected chi connectivity index (χ2v) is 6.04. The summed E-state index contributed by atoms with van der Waals surface area (Å²) in [6, 6.07) is 8.63. The van der Waals surface area contributed by atoms with E-state index >= 15 is 0 Å². The van der Waals surface area contributed by atoms with Crippen molar-refractivity contribution in [3.8, 4) is 0 Å². The molecule has 1 aromatic rings. The third kappa shape index (κ3) is 2.54. The van der Waals surface area contributed by atoms with Gasteiger partial charge in [-0.3, -0.25) is 4.79 Å². The molecule has 2 nitrogen and oxygen atoms in total. The van der Waals surface area contributed by atoms with Crippen molar-refractivity contribution in [3.63, 3.8) is 0 Å². The van der Waals surface area contributed by atoms with E-state index in [0.717, 1.165) is 19.4 Å². The highest BCUT2D eigenvalue weighted by Gasteiger charge is 2.32. The van der Waals surface area contributed by atoms with Gasteiger partial charge in [0.25, 0.3) is 0 Å². The number of nitrogens with zero attached hydrogens (tertiary/aromatic N) is 1. The molecular weight excluding hydrogens is 278 g/mol. The highest BCUT2D eigenvalue weighted by Crippen LogP contribution is 2.34. The molecule has 0 bridgehead atoms. The van der Waals surface area contributed by atoms with Crippen molar-refractivity contribution in [3.05, 3.63) is 35.4 Å². The topological polar surface area (TPSA) is 20.3 Å². The summed E-state index contributed by atoms with van der Waals surface area (Å²) in [5, 5.41) is 0. The fraction of sp³-hybridized carbons (Fsp3) is 0.500. The minimum atomic E-state index is -0.0906. The molecule has 17 heavy (non-hydrogen) atoms. The molecule has 1 amide bonds. The van der Waals surface area contributed by atoms with Crippen molar-refractivity contribution in [2.24, 2.45) is 0 Å². The first kappa shape index (κ1) is 12.6. The highest BCUT2D eigenvalue weighted by atomic mass is 79.9. The van der Waals surface area contributed by atoms with Gasteiger partial charge in [0.1, 0.15) is 0 Å². The molecule has 0 aromatic heterocycles. The van der Waals surface area contributed by atoms with E-state index in [4.69, 9.17) is 0 Å². The van der Waals surface area contributed by atoms with Crippen molar-refractivity contribution in [1.82, 2.24) is 4.90 Å². The summed E-state index contributed by atoms with van der Waals surface area (Å²) in [5.41, 5.74) is 2.57. The molecule has 3 heteroatoms. The van der Waals surface area contributed by atoms with Gasteiger partial charge in [-0.05, 0) is 37.8 Å². The zero-order valence-corrected chi connectivity index (χ0v) is 11.9. The van der Waals surface area contributed by atoms with Gasteiger partial charge in [0, 0.05) is 6.54 Å². The Hall–Kier alpha value is -0.830. The Morgan fingerprint density at radius 1 is 1.47 bits per heavy atom. The van der Waals surface area contributed by atoms with Crippen LogP contribution in [-0.4, -0.2) is 22.2 Å². The van der Waals surface area contributed by atoms with Crippen LogP contribution in [0.1, 0.15) is 36.9 Å². The summed E-state index contributed by atoms with van der Waals surface area (Å²) in [5.74, 6) is 0.204. The number of amides is 1. The number of halogens is 1. The lowest BCUT2D eigenvalue weighted by Gasteiger charge is -2.27. The molecule has 1 heterocycles. The van der Waals surface area contributed by atoms with Gasteiger partial charge < -0.3 is 4.90 Å². The van der Waals surface area contributed by atoms with Crippen LogP contribution in [0, 0.1) is 6.92 Å². The predicted molar refractivity (Wildman–Crippen MR) is 73.3 cm³/mol. The Morgan fingerprint density at radius 3 is 2.82 bits per heavy atom. The first-order chi connectivity index (χ1) is 8.11.